The van der Waals surface area contributed by atoms with E-state index in [0.29, 0.717) is 18.5 Å². The summed E-state index contributed by atoms with van der Waals surface area (Å²) < 4.78 is 1.86. The predicted octanol–water partition coefficient (Wildman–Crippen LogP) is 1.74. The summed E-state index contributed by atoms with van der Waals surface area (Å²) in [6.45, 7) is 9.95. The van der Waals surface area contributed by atoms with Crippen LogP contribution >= 0.6 is 0 Å². The first kappa shape index (κ1) is 13.2. The Balaban J connectivity index is 2.43. The van der Waals surface area contributed by atoms with Crippen molar-refractivity contribution in [2.75, 3.05) is 13.1 Å². The zero-order valence-corrected chi connectivity index (χ0v) is 10.6. The first-order chi connectivity index (χ1) is 7.50. The van der Waals surface area contributed by atoms with Crippen LogP contribution < -0.4 is 5.32 Å². The number of aliphatic hydroxyl groups is 1. The number of nitrogens with one attached hydrogen (secondary N) is 1. The van der Waals surface area contributed by atoms with Gasteiger partial charge in [-0.15, -0.1) is 0 Å². The van der Waals surface area contributed by atoms with Gasteiger partial charge in [-0.2, -0.15) is 5.10 Å². The van der Waals surface area contributed by atoms with Gasteiger partial charge in [0.25, 0.3) is 0 Å². The van der Waals surface area contributed by atoms with Crippen molar-refractivity contribution in [1.29, 1.82) is 0 Å². The Kier molecular flexibility index (Phi) is 4.96. The van der Waals surface area contributed by atoms with E-state index in [9.17, 15) is 5.11 Å². The number of aromatic nitrogens is 2. The first-order valence-electron chi connectivity index (χ1n) is 5.93. The molecule has 0 saturated heterocycles. The van der Waals surface area contributed by atoms with Crippen LogP contribution in [0.3, 0.4) is 0 Å². The molecule has 92 valence electrons. The highest BCUT2D eigenvalue weighted by atomic mass is 16.3. The standard InChI is InChI=1S/C12H23N3O/c1-9(2)5-13-7-12(16)11-6-14-15(8-11)10(3)4/h6,8-10,12-13,16H,5,7H2,1-4H3. The fourth-order valence-electron chi connectivity index (χ4n) is 1.43. The van der Waals surface area contributed by atoms with E-state index >= 15 is 0 Å². The molecule has 1 rings (SSSR count). The summed E-state index contributed by atoms with van der Waals surface area (Å²) in [4.78, 5) is 0. The van der Waals surface area contributed by atoms with E-state index in [2.05, 4.69) is 38.1 Å². The monoisotopic (exact) mass is 225 g/mol. The third-order valence-electron chi connectivity index (χ3n) is 2.43. The minimum absolute atomic E-state index is 0.338. The molecule has 0 radical (unpaired) electrons. The number of nitrogens with zero attached hydrogens (tertiary/aromatic N) is 2. The van der Waals surface area contributed by atoms with Crippen molar-refractivity contribution >= 4 is 0 Å². The van der Waals surface area contributed by atoms with E-state index in [1.807, 2.05) is 10.9 Å². The molecule has 0 spiro atoms. The van der Waals surface area contributed by atoms with Crippen LogP contribution in [0.4, 0.5) is 0 Å². The third-order valence-corrected chi connectivity index (χ3v) is 2.43. The van der Waals surface area contributed by atoms with E-state index in [0.717, 1.165) is 12.1 Å². The summed E-state index contributed by atoms with van der Waals surface area (Å²) in [5.74, 6) is 0.602. The molecule has 2 N–H and O–H groups in total. The van der Waals surface area contributed by atoms with E-state index in [1.165, 1.54) is 0 Å². The van der Waals surface area contributed by atoms with Gasteiger partial charge in [0.2, 0.25) is 0 Å². The van der Waals surface area contributed by atoms with Gasteiger partial charge in [0.1, 0.15) is 0 Å². The number of hydrogen-bond acceptors (Lipinski definition) is 3. The molecule has 0 fully saturated rings. The molecule has 0 aromatic carbocycles. The van der Waals surface area contributed by atoms with E-state index in [-0.39, 0.29) is 0 Å². The molecule has 1 aromatic rings. The molecule has 1 heterocycles. The summed E-state index contributed by atoms with van der Waals surface area (Å²) in [6.07, 6.45) is 3.18. The van der Waals surface area contributed by atoms with Gasteiger partial charge >= 0.3 is 0 Å². The van der Waals surface area contributed by atoms with Crippen LogP contribution in [-0.4, -0.2) is 28.0 Å². The van der Waals surface area contributed by atoms with Crippen LogP contribution in [0, 0.1) is 5.92 Å². The Morgan fingerprint density at radius 3 is 2.50 bits per heavy atom. The van der Waals surface area contributed by atoms with E-state index < -0.39 is 6.10 Å². The Hall–Kier alpha value is -0.870. The normalized spacial score (nSPS) is 13.7. The Bertz CT molecular complexity index is 307. The summed E-state index contributed by atoms with van der Waals surface area (Å²) in [5, 5.41) is 17.4. The first-order valence-corrected chi connectivity index (χ1v) is 5.93. The van der Waals surface area contributed by atoms with Gasteiger partial charge in [0.05, 0.1) is 12.3 Å². The van der Waals surface area contributed by atoms with Crippen LogP contribution in [0.2, 0.25) is 0 Å². The van der Waals surface area contributed by atoms with E-state index in [4.69, 9.17) is 0 Å². The highest BCUT2D eigenvalue weighted by molar-refractivity contribution is 5.08. The molecule has 0 aliphatic heterocycles. The zero-order chi connectivity index (χ0) is 12.1. The molecule has 0 amide bonds. The quantitative estimate of drug-likeness (QED) is 0.775. The molecule has 0 aliphatic carbocycles. The SMILES string of the molecule is CC(C)CNCC(O)c1cnn(C(C)C)c1. The minimum atomic E-state index is -0.466. The predicted molar refractivity (Wildman–Crippen MR) is 65.3 cm³/mol. The van der Waals surface area contributed by atoms with Crippen molar-refractivity contribution in [3.8, 4) is 0 Å². The third kappa shape index (κ3) is 3.94. The Morgan fingerprint density at radius 2 is 2.00 bits per heavy atom. The van der Waals surface area contributed by atoms with Crippen molar-refractivity contribution in [1.82, 2.24) is 15.1 Å². The summed E-state index contributed by atoms with van der Waals surface area (Å²) in [7, 11) is 0. The topological polar surface area (TPSA) is 50.1 Å². The van der Waals surface area contributed by atoms with Crippen molar-refractivity contribution < 1.29 is 5.11 Å². The summed E-state index contributed by atoms with van der Waals surface area (Å²) >= 11 is 0. The number of aliphatic hydroxyl groups excluding tert-OH is 1. The van der Waals surface area contributed by atoms with Gasteiger partial charge in [0.15, 0.2) is 0 Å². The average molecular weight is 225 g/mol. The molecular formula is C12H23N3O. The number of hydrogen-bond donors (Lipinski definition) is 2. The highest BCUT2D eigenvalue weighted by Crippen LogP contribution is 2.13. The van der Waals surface area contributed by atoms with Gasteiger partial charge in [-0.25, -0.2) is 0 Å². The van der Waals surface area contributed by atoms with E-state index in [1.54, 1.807) is 6.20 Å². The molecule has 1 unspecified atom stereocenters. The zero-order valence-electron chi connectivity index (χ0n) is 10.6. The average Bonchev–Trinajstić information content (AvgIpc) is 2.65. The lowest BCUT2D eigenvalue weighted by molar-refractivity contribution is 0.173. The van der Waals surface area contributed by atoms with Crippen LogP contribution in [0.25, 0.3) is 0 Å². The van der Waals surface area contributed by atoms with Gasteiger partial charge < -0.3 is 10.4 Å². The smallest absolute Gasteiger partial charge is 0.0944 e. The van der Waals surface area contributed by atoms with Gasteiger partial charge in [-0.05, 0) is 26.3 Å². The lowest BCUT2D eigenvalue weighted by atomic mass is 10.2. The maximum atomic E-state index is 9.91. The molecule has 1 aromatic heterocycles. The van der Waals surface area contributed by atoms with Gasteiger partial charge in [0, 0.05) is 24.3 Å². The second-order valence-corrected chi connectivity index (χ2v) is 4.92. The molecule has 0 saturated carbocycles. The Morgan fingerprint density at radius 1 is 1.31 bits per heavy atom. The second-order valence-electron chi connectivity index (χ2n) is 4.92. The van der Waals surface area contributed by atoms with Crippen LogP contribution in [0.15, 0.2) is 12.4 Å². The van der Waals surface area contributed by atoms with Crippen molar-refractivity contribution in [3.05, 3.63) is 18.0 Å². The maximum Gasteiger partial charge on any atom is 0.0944 e. The lowest BCUT2D eigenvalue weighted by Crippen LogP contribution is -2.25. The molecule has 0 aliphatic rings. The summed E-state index contributed by atoms with van der Waals surface area (Å²) in [6, 6.07) is 0.338. The van der Waals surface area contributed by atoms with Crippen molar-refractivity contribution in [3.63, 3.8) is 0 Å². The maximum absolute atomic E-state index is 9.91. The van der Waals surface area contributed by atoms with Gasteiger partial charge in [-0.1, -0.05) is 13.8 Å². The van der Waals surface area contributed by atoms with Crippen LogP contribution in [0.5, 0.6) is 0 Å². The molecule has 4 heteroatoms. The Labute approximate surface area is 97.7 Å². The highest BCUT2D eigenvalue weighted by Gasteiger charge is 2.10. The van der Waals surface area contributed by atoms with Crippen molar-refractivity contribution in [2.45, 2.75) is 39.8 Å². The molecule has 1 atom stereocenters. The minimum Gasteiger partial charge on any atom is -0.387 e. The van der Waals surface area contributed by atoms with Gasteiger partial charge in [-0.3, -0.25) is 4.68 Å². The van der Waals surface area contributed by atoms with Crippen molar-refractivity contribution in [2.24, 2.45) is 5.92 Å². The van der Waals surface area contributed by atoms with Crippen LogP contribution in [0.1, 0.15) is 45.4 Å². The lowest BCUT2D eigenvalue weighted by Gasteiger charge is -2.11. The second kappa shape index (κ2) is 6.01. The van der Waals surface area contributed by atoms with Crippen LogP contribution in [-0.2, 0) is 0 Å². The molecule has 4 nitrogen and oxygen atoms in total. The molecule has 16 heavy (non-hydrogen) atoms. The largest absolute Gasteiger partial charge is 0.387 e. The molecule has 0 bridgehead atoms. The number of rotatable bonds is 6. The summed E-state index contributed by atoms with van der Waals surface area (Å²) in [5.41, 5.74) is 0.880. The molecular weight excluding hydrogens is 202 g/mol. The fourth-order valence-corrected chi connectivity index (χ4v) is 1.43. The fraction of sp³-hybridized carbons (Fsp3) is 0.750.